The van der Waals surface area contributed by atoms with Gasteiger partial charge in [-0.15, -0.1) is 11.3 Å². The molecule has 0 N–H and O–H groups in total. The largest absolute Gasteiger partial charge is 0.487 e. The summed E-state index contributed by atoms with van der Waals surface area (Å²) in [6.07, 6.45) is 0. The summed E-state index contributed by atoms with van der Waals surface area (Å²) in [5, 5.41) is 2.99. The number of anilines is 1. The number of thiazole rings is 1. The van der Waals surface area contributed by atoms with Gasteiger partial charge in [-0.2, -0.15) is 0 Å². The highest BCUT2D eigenvalue weighted by Gasteiger charge is 2.16. The van der Waals surface area contributed by atoms with Crippen LogP contribution in [0, 0.1) is 13.8 Å². The van der Waals surface area contributed by atoms with Gasteiger partial charge in [-0.3, -0.25) is 4.79 Å². The van der Waals surface area contributed by atoms with Gasteiger partial charge in [0.1, 0.15) is 12.4 Å². The van der Waals surface area contributed by atoms with Crippen molar-refractivity contribution in [2.75, 3.05) is 11.9 Å². The Kier molecular flexibility index (Phi) is 5.74. The van der Waals surface area contributed by atoms with E-state index in [1.807, 2.05) is 49.6 Å². The zero-order valence-corrected chi connectivity index (χ0v) is 17.2. The molecule has 3 rings (SSSR count). The Morgan fingerprint density at radius 2 is 2.04 bits per heavy atom. The van der Waals surface area contributed by atoms with Gasteiger partial charge in [0.05, 0.1) is 10.7 Å². The third-order valence-corrected chi connectivity index (χ3v) is 5.27. The first-order valence-corrected chi connectivity index (χ1v) is 9.79. The van der Waals surface area contributed by atoms with Gasteiger partial charge in [-0.05, 0) is 55.8 Å². The highest BCUT2D eigenvalue weighted by molar-refractivity contribution is 9.10. The summed E-state index contributed by atoms with van der Waals surface area (Å²) in [5.41, 5.74) is 3.39. The maximum absolute atomic E-state index is 12.9. The fourth-order valence-corrected chi connectivity index (χ4v) is 3.72. The van der Waals surface area contributed by atoms with E-state index in [1.54, 1.807) is 35.4 Å². The van der Waals surface area contributed by atoms with Crippen molar-refractivity contribution in [1.82, 2.24) is 4.98 Å². The van der Waals surface area contributed by atoms with Crippen LogP contribution in [-0.4, -0.2) is 17.9 Å². The van der Waals surface area contributed by atoms with Crippen LogP contribution >= 0.6 is 27.3 Å². The number of hydrogen-bond donors (Lipinski definition) is 0. The molecule has 0 spiro atoms. The minimum Gasteiger partial charge on any atom is -0.487 e. The molecule has 0 saturated carbocycles. The van der Waals surface area contributed by atoms with Crippen molar-refractivity contribution in [2.45, 2.75) is 20.5 Å². The molecule has 26 heavy (non-hydrogen) atoms. The van der Waals surface area contributed by atoms with E-state index in [-0.39, 0.29) is 5.91 Å². The van der Waals surface area contributed by atoms with Crippen LogP contribution in [0.2, 0.25) is 0 Å². The lowest BCUT2D eigenvalue weighted by atomic mass is 10.1. The van der Waals surface area contributed by atoms with Gasteiger partial charge in [0.15, 0.2) is 0 Å². The summed E-state index contributed by atoms with van der Waals surface area (Å²) in [5.74, 6) is 0.577. The monoisotopic (exact) mass is 430 g/mol. The van der Waals surface area contributed by atoms with Crippen LogP contribution in [-0.2, 0) is 6.61 Å². The predicted octanol–water partition coefficient (Wildman–Crippen LogP) is 5.38. The molecule has 0 radical (unpaired) electrons. The number of aryl methyl sites for hydroxylation is 2. The molecular weight excluding hydrogens is 412 g/mol. The topological polar surface area (TPSA) is 42.4 Å². The van der Waals surface area contributed by atoms with Crippen LogP contribution in [0.15, 0.2) is 52.3 Å². The number of hydrogen-bond acceptors (Lipinski definition) is 4. The highest BCUT2D eigenvalue weighted by Crippen LogP contribution is 2.25. The molecule has 0 aliphatic carbocycles. The second kappa shape index (κ2) is 8.01. The predicted molar refractivity (Wildman–Crippen MR) is 109 cm³/mol. The van der Waals surface area contributed by atoms with E-state index in [1.165, 1.54) is 0 Å². The zero-order valence-electron chi connectivity index (χ0n) is 14.8. The van der Waals surface area contributed by atoms with Crippen molar-refractivity contribution in [3.05, 3.63) is 74.1 Å². The number of nitrogens with zero attached hydrogens (tertiary/aromatic N) is 2. The molecule has 1 aromatic heterocycles. The first-order chi connectivity index (χ1) is 12.4. The molecule has 0 unspecified atom stereocenters. The van der Waals surface area contributed by atoms with Crippen molar-refractivity contribution in [3.63, 3.8) is 0 Å². The van der Waals surface area contributed by atoms with Gasteiger partial charge < -0.3 is 9.64 Å². The zero-order chi connectivity index (χ0) is 18.7. The highest BCUT2D eigenvalue weighted by atomic mass is 79.9. The summed E-state index contributed by atoms with van der Waals surface area (Å²) in [7, 11) is 1.78. The van der Waals surface area contributed by atoms with Crippen molar-refractivity contribution < 1.29 is 9.53 Å². The normalized spacial score (nSPS) is 10.6. The minimum absolute atomic E-state index is 0.0784. The molecule has 0 fully saturated rings. The molecule has 3 aromatic rings. The fourth-order valence-electron chi connectivity index (χ4n) is 2.65. The number of carbonyl (C=O) groups excluding carboxylic acids is 1. The molecule has 0 bridgehead atoms. The average Bonchev–Trinajstić information content (AvgIpc) is 3.04. The fraction of sp³-hybridized carbons (Fsp3) is 0.200. The Balaban J connectivity index is 1.75. The van der Waals surface area contributed by atoms with E-state index in [0.29, 0.717) is 17.9 Å². The lowest BCUT2D eigenvalue weighted by Gasteiger charge is -2.20. The molecule has 0 aliphatic rings. The quantitative estimate of drug-likeness (QED) is 0.545. The molecule has 0 saturated heterocycles. The second-order valence-electron chi connectivity index (χ2n) is 5.97. The van der Waals surface area contributed by atoms with E-state index < -0.39 is 0 Å². The Labute approximate surface area is 165 Å². The average molecular weight is 431 g/mol. The number of halogens is 1. The number of carbonyl (C=O) groups is 1. The lowest BCUT2D eigenvalue weighted by Crippen LogP contribution is -2.26. The van der Waals surface area contributed by atoms with Gasteiger partial charge in [-0.1, -0.05) is 22.0 Å². The summed E-state index contributed by atoms with van der Waals surface area (Å²) in [6, 6.07) is 13.1. The third-order valence-electron chi connectivity index (χ3n) is 3.96. The summed E-state index contributed by atoms with van der Waals surface area (Å²) >= 11 is 5.05. The Hall–Kier alpha value is -2.18. The molecule has 0 atom stereocenters. The Bertz CT molecular complexity index is 939. The number of aromatic nitrogens is 1. The van der Waals surface area contributed by atoms with E-state index in [2.05, 4.69) is 20.9 Å². The van der Waals surface area contributed by atoms with E-state index in [9.17, 15) is 4.79 Å². The number of amides is 1. The number of benzene rings is 2. The molecule has 2 aromatic carbocycles. The first-order valence-electron chi connectivity index (χ1n) is 8.12. The molecule has 4 nitrogen and oxygen atoms in total. The summed E-state index contributed by atoms with van der Waals surface area (Å²) in [6.45, 7) is 4.34. The van der Waals surface area contributed by atoms with Crippen LogP contribution < -0.4 is 9.64 Å². The third kappa shape index (κ3) is 4.31. The summed E-state index contributed by atoms with van der Waals surface area (Å²) in [4.78, 5) is 18.9. The standard InChI is InChI=1S/C20H19BrN2O2S/c1-13-9-16(21)7-8-19(13)23(3)20(24)15-5-4-6-18(10-15)25-11-17-12-26-14(2)22-17/h4-10,12H,11H2,1-3H3. The molecule has 134 valence electrons. The van der Waals surface area contributed by atoms with E-state index in [0.717, 1.165) is 26.4 Å². The van der Waals surface area contributed by atoms with Crippen LogP contribution in [0.4, 0.5) is 5.69 Å². The molecule has 0 aliphatic heterocycles. The Morgan fingerprint density at radius 3 is 2.73 bits per heavy atom. The molecule has 1 amide bonds. The number of rotatable bonds is 5. The SMILES string of the molecule is Cc1nc(COc2cccc(C(=O)N(C)c3ccc(Br)cc3C)c2)cs1. The maximum atomic E-state index is 12.9. The van der Waals surface area contributed by atoms with Gasteiger partial charge in [0.2, 0.25) is 0 Å². The molecule has 1 heterocycles. The molecule has 6 heteroatoms. The summed E-state index contributed by atoms with van der Waals surface area (Å²) < 4.78 is 6.78. The van der Waals surface area contributed by atoms with Crippen LogP contribution in [0.1, 0.15) is 26.6 Å². The van der Waals surface area contributed by atoms with Crippen molar-refractivity contribution in [3.8, 4) is 5.75 Å². The minimum atomic E-state index is -0.0784. The maximum Gasteiger partial charge on any atom is 0.258 e. The van der Waals surface area contributed by atoms with Gasteiger partial charge >= 0.3 is 0 Å². The number of ether oxygens (including phenoxy) is 1. The Morgan fingerprint density at radius 1 is 1.23 bits per heavy atom. The second-order valence-corrected chi connectivity index (χ2v) is 7.95. The van der Waals surface area contributed by atoms with Crippen LogP contribution in [0.25, 0.3) is 0 Å². The van der Waals surface area contributed by atoms with E-state index >= 15 is 0 Å². The lowest BCUT2D eigenvalue weighted by molar-refractivity contribution is 0.0992. The van der Waals surface area contributed by atoms with E-state index in [4.69, 9.17) is 4.74 Å². The van der Waals surface area contributed by atoms with Gasteiger partial charge in [-0.25, -0.2) is 4.98 Å². The first kappa shape index (κ1) is 18.6. The van der Waals surface area contributed by atoms with Crippen molar-refractivity contribution in [1.29, 1.82) is 0 Å². The van der Waals surface area contributed by atoms with Crippen LogP contribution in [0.5, 0.6) is 5.75 Å². The molecular formula is C20H19BrN2O2S. The smallest absolute Gasteiger partial charge is 0.258 e. The van der Waals surface area contributed by atoms with Crippen molar-refractivity contribution >= 4 is 38.9 Å². The van der Waals surface area contributed by atoms with Gasteiger partial charge in [0, 0.05) is 28.2 Å². The van der Waals surface area contributed by atoms with Gasteiger partial charge in [0.25, 0.3) is 5.91 Å². The van der Waals surface area contributed by atoms with Crippen LogP contribution in [0.3, 0.4) is 0 Å². The van der Waals surface area contributed by atoms with Crippen molar-refractivity contribution in [2.24, 2.45) is 0 Å².